The first-order valence-corrected chi connectivity index (χ1v) is 12.6. The molecule has 0 saturated heterocycles. The molecule has 240 valence electrons. The number of carbonyl (C=O) groups is 2. The molecular weight excluding hydrogens is 706 g/mol. The van der Waals surface area contributed by atoms with E-state index in [9.17, 15) is 62.3 Å². The predicted molar refractivity (Wildman–Crippen MR) is 137 cm³/mol. The number of amides is 2. The van der Waals surface area contributed by atoms with E-state index >= 15 is 0 Å². The number of halogens is 13. The Morgan fingerprint density at radius 1 is 0.800 bits per heavy atom. The molecule has 0 bridgehead atoms. The van der Waals surface area contributed by atoms with Crippen molar-refractivity contribution in [2.45, 2.75) is 30.1 Å². The molecular formula is C27H14BrF12N3O2. The zero-order valence-corrected chi connectivity index (χ0v) is 23.5. The zero-order valence-electron chi connectivity index (χ0n) is 21.9. The lowest BCUT2D eigenvalue weighted by Gasteiger charge is -2.36. The number of hydrogen-bond acceptors (Lipinski definition) is 3. The lowest BCUT2D eigenvalue weighted by atomic mass is 9.86. The van der Waals surface area contributed by atoms with E-state index in [1.807, 2.05) is 6.07 Å². The van der Waals surface area contributed by atoms with Gasteiger partial charge in [0.15, 0.2) is 0 Å². The van der Waals surface area contributed by atoms with E-state index in [4.69, 9.17) is 5.26 Å². The van der Waals surface area contributed by atoms with Gasteiger partial charge in [-0.2, -0.15) is 53.6 Å². The highest BCUT2D eigenvalue weighted by molar-refractivity contribution is 9.10. The molecule has 1 N–H and O–H groups in total. The highest BCUT2D eigenvalue weighted by atomic mass is 79.9. The number of nitrogens with zero attached hydrogens (tertiary/aromatic N) is 2. The third-order valence-corrected chi connectivity index (χ3v) is 6.90. The van der Waals surface area contributed by atoms with Crippen LogP contribution in [0.3, 0.4) is 0 Å². The predicted octanol–water partition coefficient (Wildman–Crippen LogP) is 8.79. The van der Waals surface area contributed by atoms with Crippen LogP contribution in [0.5, 0.6) is 0 Å². The quantitative estimate of drug-likeness (QED) is 0.259. The molecule has 0 aliphatic carbocycles. The molecule has 0 heterocycles. The Kier molecular flexibility index (Phi) is 9.32. The molecule has 0 radical (unpaired) electrons. The molecule has 45 heavy (non-hydrogen) atoms. The zero-order chi connectivity index (χ0) is 34.3. The summed E-state index contributed by atoms with van der Waals surface area (Å²) in [5.41, 5.74) is -13.4. The van der Waals surface area contributed by atoms with E-state index in [-0.39, 0.29) is 16.8 Å². The van der Waals surface area contributed by atoms with Gasteiger partial charge in [-0.3, -0.25) is 9.59 Å². The molecule has 0 aliphatic heterocycles. The van der Waals surface area contributed by atoms with Crippen LogP contribution >= 0.6 is 15.9 Å². The standard InChI is InChI=1S/C27H14BrF12N3O2/c1-43(22(45)14-7-5-13(12-41)6-8-14)17-4-2-3-15(9-17)21(44)42-20-18(24(30,31)32)10-16(11-19(20)28)23(29,26(35,36)37)25(33,34)27(38,39)40/h2-11H,1H3,(H,42,44). The van der Waals surface area contributed by atoms with E-state index < -0.39 is 80.9 Å². The number of nitrogens with one attached hydrogen (secondary N) is 1. The summed E-state index contributed by atoms with van der Waals surface area (Å²) < 4.78 is 162. The second kappa shape index (κ2) is 11.9. The Labute approximate surface area is 253 Å². The fraction of sp³-hybridized carbons (Fsp3) is 0.222. The third-order valence-electron chi connectivity index (χ3n) is 6.27. The number of nitriles is 1. The first kappa shape index (κ1) is 35.2. The van der Waals surface area contributed by atoms with Crippen LogP contribution in [0.2, 0.25) is 0 Å². The summed E-state index contributed by atoms with van der Waals surface area (Å²) in [6, 6.07) is 10.4. The maximum absolute atomic E-state index is 14.9. The summed E-state index contributed by atoms with van der Waals surface area (Å²) in [5.74, 6) is -9.30. The number of rotatable bonds is 6. The molecule has 0 aromatic heterocycles. The Bertz CT molecular complexity index is 1660. The highest BCUT2D eigenvalue weighted by Gasteiger charge is 2.82. The van der Waals surface area contributed by atoms with Crippen molar-refractivity contribution in [1.82, 2.24) is 0 Å². The van der Waals surface area contributed by atoms with Crippen LogP contribution < -0.4 is 10.2 Å². The molecule has 0 saturated carbocycles. The number of carbonyl (C=O) groups excluding carboxylic acids is 2. The maximum Gasteiger partial charge on any atom is 0.457 e. The van der Waals surface area contributed by atoms with Crippen LogP contribution in [0.25, 0.3) is 0 Å². The summed E-state index contributed by atoms with van der Waals surface area (Å²) in [6.07, 6.45) is -20.1. The van der Waals surface area contributed by atoms with Crippen molar-refractivity contribution >= 4 is 39.1 Å². The molecule has 3 aromatic carbocycles. The van der Waals surface area contributed by atoms with Gasteiger partial charge in [0, 0.05) is 33.9 Å². The van der Waals surface area contributed by atoms with Crippen molar-refractivity contribution in [1.29, 1.82) is 5.26 Å². The average molecular weight is 720 g/mol. The van der Waals surface area contributed by atoms with Gasteiger partial charge in [0.05, 0.1) is 22.9 Å². The first-order chi connectivity index (χ1) is 20.5. The second-order valence-electron chi connectivity index (χ2n) is 9.16. The molecule has 0 spiro atoms. The molecule has 5 nitrogen and oxygen atoms in total. The van der Waals surface area contributed by atoms with Gasteiger partial charge in [-0.05, 0) is 70.5 Å². The minimum Gasteiger partial charge on any atom is -0.320 e. The van der Waals surface area contributed by atoms with Crippen molar-refractivity contribution in [3.05, 3.63) is 93.0 Å². The molecule has 3 aromatic rings. The lowest BCUT2D eigenvalue weighted by molar-refractivity contribution is -0.389. The van der Waals surface area contributed by atoms with E-state index in [2.05, 4.69) is 15.9 Å². The largest absolute Gasteiger partial charge is 0.457 e. The van der Waals surface area contributed by atoms with Crippen LogP contribution in [0.4, 0.5) is 64.1 Å². The lowest BCUT2D eigenvalue weighted by Crippen LogP contribution is -2.59. The summed E-state index contributed by atoms with van der Waals surface area (Å²) in [4.78, 5) is 26.7. The number of hydrogen-bond donors (Lipinski definition) is 1. The molecule has 1 atom stereocenters. The molecule has 0 fully saturated rings. The first-order valence-electron chi connectivity index (χ1n) is 11.8. The van der Waals surface area contributed by atoms with Crippen LogP contribution in [0, 0.1) is 11.3 Å². The summed E-state index contributed by atoms with van der Waals surface area (Å²) in [6.45, 7) is 0. The molecule has 18 heteroatoms. The molecule has 1 unspecified atom stereocenters. The van der Waals surface area contributed by atoms with Gasteiger partial charge in [-0.15, -0.1) is 0 Å². The molecule has 3 rings (SSSR count). The number of anilines is 2. The normalized spacial score (nSPS) is 13.9. The summed E-state index contributed by atoms with van der Waals surface area (Å²) in [5, 5.41) is 10.6. The van der Waals surface area contributed by atoms with Gasteiger partial charge in [-0.1, -0.05) is 6.07 Å². The van der Waals surface area contributed by atoms with Crippen molar-refractivity contribution in [3.63, 3.8) is 0 Å². The summed E-state index contributed by atoms with van der Waals surface area (Å²) in [7, 11) is 1.26. The topological polar surface area (TPSA) is 73.2 Å². The minimum absolute atomic E-state index is 0.00393. The van der Waals surface area contributed by atoms with Gasteiger partial charge in [0.25, 0.3) is 11.8 Å². The van der Waals surface area contributed by atoms with Crippen molar-refractivity contribution in [3.8, 4) is 6.07 Å². The van der Waals surface area contributed by atoms with Gasteiger partial charge in [0.1, 0.15) is 0 Å². The Morgan fingerprint density at radius 2 is 1.38 bits per heavy atom. The number of alkyl halides is 12. The Morgan fingerprint density at radius 3 is 1.87 bits per heavy atom. The fourth-order valence-electron chi connectivity index (χ4n) is 3.91. The smallest absolute Gasteiger partial charge is 0.320 e. The Hall–Kier alpha value is -4.27. The van der Waals surface area contributed by atoms with Gasteiger partial charge >= 0.3 is 30.1 Å². The van der Waals surface area contributed by atoms with Gasteiger partial charge < -0.3 is 10.2 Å². The molecule has 0 aliphatic rings. The van der Waals surface area contributed by atoms with Gasteiger partial charge in [-0.25, -0.2) is 4.39 Å². The minimum atomic E-state index is -7.24. The maximum atomic E-state index is 14.9. The van der Waals surface area contributed by atoms with E-state index in [0.717, 1.165) is 17.0 Å². The van der Waals surface area contributed by atoms with Crippen molar-refractivity contribution < 1.29 is 62.3 Å². The second-order valence-corrected chi connectivity index (χ2v) is 10.0. The third kappa shape index (κ3) is 6.58. The average Bonchev–Trinajstić information content (AvgIpc) is 2.95. The van der Waals surface area contributed by atoms with E-state index in [1.165, 1.54) is 43.4 Å². The van der Waals surface area contributed by atoms with Crippen LogP contribution in [0.15, 0.2) is 65.1 Å². The van der Waals surface area contributed by atoms with Crippen molar-refractivity contribution in [2.75, 3.05) is 17.3 Å². The van der Waals surface area contributed by atoms with E-state index in [1.54, 1.807) is 5.32 Å². The SMILES string of the molecule is CN(C(=O)c1ccc(C#N)cc1)c1cccc(C(=O)Nc2c(Br)cc(C(F)(C(F)(F)F)C(F)(F)C(F)(F)F)cc2C(F)(F)F)c1. The van der Waals surface area contributed by atoms with Crippen LogP contribution in [0.1, 0.15) is 37.4 Å². The van der Waals surface area contributed by atoms with Gasteiger partial charge in [0.2, 0.25) is 0 Å². The Balaban J connectivity index is 2.06. The monoisotopic (exact) mass is 719 g/mol. The van der Waals surface area contributed by atoms with Crippen molar-refractivity contribution in [2.24, 2.45) is 0 Å². The fourth-order valence-corrected chi connectivity index (χ4v) is 4.47. The van der Waals surface area contributed by atoms with E-state index in [0.29, 0.717) is 0 Å². The number of benzene rings is 3. The molecule has 2 amide bonds. The van der Waals surface area contributed by atoms with Crippen LogP contribution in [-0.4, -0.2) is 37.1 Å². The highest BCUT2D eigenvalue weighted by Crippen LogP contribution is 2.59. The van der Waals surface area contributed by atoms with Crippen LogP contribution in [-0.2, 0) is 11.8 Å². The summed E-state index contributed by atoms with van der Waals surface area (Å²) >= 11 is 2.31.